The predicted molar refractivity (Wildman–Crippen MR) is 115 cm³/mol. The number of benzene rings is 1. The Balaban J connectivity index is 1.46. The molecule has 2 aromatic rings. The first-order valence-electron chi connectivity index (χ1n) is 9.34. The summed E-state index contributed by atoms with van der Waals surface area (Å²) in [6.07, 6.45) is 0.712. The molecular weight excluding hydrogens is 458 g/mol. The van der Waals surface area contributed by atoms with Gasteiger partial charge in [0.05, 0.1) is 27.0 Å². The SMILES string of the molecule is Cc1cc(N2CC(NC(=O)c3ccc(Br)s3)CC2=O)ccc1N1CCCOC1=O. The van der Waals surface area contributed by atoms with Crippen LogP contribution in [-0.2, 0) is 9.53 Å². The predicted octanol–water partition coefficient (Wildman–Crippen LogP) is 3.70. The lowest BCUT2D eigenvalue weighted by Crippen LogP contribution is -2.38. The Kier molecular flexibility index (Phi) is 5.60. The van der Waals surface area contributed by atoms with Crippen LogP contribution in [0.2, 0.25) is 0 Å². The largest absolute Gasteiger partial charge is 0.449 e. The molecule has 7 nitrogen and oxygen atoms in total. The van der Waals surface area contributed by atoms with Crippen molar-refractivity contribution in [2.24, 2.45) is 0 Å². The van der Waals surface area contributed by atoms with Crippen molar-refractivity contribution in [2.75, 3.05) is 29.5 Å². The highest BCUT2D eigenvalue weighted by Crippen LogP contribution is 2.30. The quantitative estimate of drug-likeness (QED) is 0.727. The first-order valence-corrected chi connectivity index (χ1v) is 10.9. The number of hydrogen-bond acceptors (Lipinski definition) is 5. The third-order valence-electron chi connectivity index (χ3n) is 5.01. The van der Waals surface area contributed by atoms with Gasteiger partial charge in [-0.2, -0.15) is 0 Å². The number of cyclic esters (lactones) is 1. The molecule has 0 aliphatic carbocycles. The summed E-state index contributed by atoms with van der Waals surface area (Å²) >= 11 is 4.71. The van der Waals surface area contributed by atoms with Crippen LogP contribution in [0.25, 0.3) is 0 Å². The number of rotatable bonds is 4. The summed E-state index contributed by atoms with van der Waals surface area (Å²) in [5.41, 5.74) is 2.44. The fraction of sp³-hybridized carbons (Fsp3) is 0.350. The maximum absolute atomic E-state index is 12.5. The number of carbonyl (C=O) groups is 3. The van der Waals surface area contributed by atoms with Gasteiger partial charge in [0.2, 0.25) is 5.91 Å². The molecule has 1 N–H and O–H groups in total. The average molecular weight is 478 g/mol. The lowest BCUT2D eigenvalue weighted by molar-refractivity contribution is -0.117. The van der Waals surface area contributed by atoms with Crippen LogP contribution in [0.1, 0.15) is 28.1 Å². The Morgan fingerprint density at radius 1 is 1.24 bits per heavy atom. The maximum atomic E-state index is 12.5. The van der Waals surface area contributed by atoms with Crippen LogP contribution in [0.5, 0.6) is 0 Å². The van der Waals surface area contributed by atoms with Crippen LogP contribution in [0.3, 0.4) is 0 Å². The van der Waals surface area contributed by atoms with Gasteiger partial charge in [-0.1, -0.05) is 0 Å². The summed E-state index contributed by atoms with van der Waals surface area (Å²) in [5.74, 6) is -0.206. The minimum Gasteiger partial charge on any atom is -0.449 e. The summed E-state index contributed by atoms with van der Waals surface area (Å²) in [4.78, 5) is 40.8. The summed E-state index contributed by atoms with van der Waals surface area (Å²) in [5, 5.41) is 2.94. The Bertz CT molecular complexity index is 976. The highest BCUT2D eigenvalue weighted by molar-refractivity contribution is 9.11. The van der Waals surface area contributed by atoms with E-state index >= 15 is 0 Å². The van der Waals surface area contributed by atoms with Gasteiger partial charge in [-0.3, -0.25) is 14.5 Å². The topological polar surface area (TPSA) is 79.0 Å². The molecule has 1 unspecified atom stereocenters. The van der Waals surface area contributed by atoms with Gasteiger partial charge in [0, 0.05) is 25.2 Å². The number of nitrogens with zero attached hydrogens (tertiary/aromatic N) is 2. The standard InChI is InChI=1S/C20H20BrN3O4S/c1-12-9-14(3-4-15(12)23-7-2-8-28-20(23)27)24-11-13(10-18(24)25)22-19(26)16-5-6-17(21)29-16/h3-6,9,13H,2,7-8,10-11H2,1H3,(H,22,26). The minimum atomic E-state index is -0.340. The number of thiophene rings is 1. The van der Waals surface area contributed by atoms with Gasteiger partial charge in [0.25, 0.3) is 5.91 Å². The highest BCUT2D eigenvalue weighted by Gasteiger charge is 2.32. The second-order valence-electron chi connectivity index (χ2n) is 7.07. The number of ether oxygens (including phenoxy) is 1. The molecule has 3 heterocycles. The van der Waals surface area contributed by atoms with Crippen LogP contribution in [0.15, 0.2) is 34.1 Å². The van der Waals surface area contributed by atoms with Crippen LogP contribution >= 0.6 is 27.3 Å². The lowest BCUT2D eigenvalue weighted by atomic mass is 10.1. The van der Waals surface area contributed by atoms with E-state index in [4.69, 9.17) is 4.74 Å². The number of nitrogens with one attached hydrogen (secondary N) is 1. The smallest absolute Gasteiger partial charge is 0.414 e. The first kappa shape index (κ1) is 19.9. The molecule has 2 fully saturated rings. The van der Waals surface area contributed by atoms with Crippen molar-refractivity contribution in [1.29, 1.82) is 0 Å². The number of anilines is 2. The van der Waals surface area contributed by atoms with Crippen LogP contribution in [-0.4, -0.2) is 43.6 Å². The minimum absolute atomic E-state index is 0.0350. The molecule has 29 heavy (non-hydrogen) atoms. The molecule has 152 valence electrons. The van der Waals surface area contributed by atoms with E-state index in [0.717, 1.165) is 27.1 Å². The van der Waals surface area contributed by atoms with Gasteiger partial charge in [0.15, 0.2) is 0 Å². The van der Waals surface area contributed by atoms with Crippen molar-refractivity contribution in [2.45, 2.75) is 25.8 Å². The molecule has 0 spiro atoms. The fourth-order valence-corrected chi connectivity index (χ4v) is 4.92. The molecule has 1 aromatic heterocycles. The van der Waals surface area contributed by atoms with E-state index < -0.39 is 0 Å². The van der Waals surface area contributed by atoms with Crippen molar-refractivity contribution in [3.63, 3.8) is 0 Å². The van der Waals surface area contributed by atoms with E-state index in [1.54, 1.807) is 15.9 Å². The molecule has 4 rings (SSSR count). The molecule has 1 atom stereocenters. The summed E-state index contributed by atoms with van der Waals surface area (Å²) in [7, 11) is 0. The zero-order chi connectivity index (χ0) is 20.5. The monoisotopic (exact) mass is 477 g/mol. The first-order chi connectivity index (χ1) is 13.9. The van der Waals surface area contributed by atoms with Gasteiger partial charge in [-0.25, -0.2) is 4.79 Å². The summed E-state index contributed by atoms with van der Waals surface area (Å²) < 4.78 is 6.00. The number of aryl methyl sites for hydroxylation is 1. The van der Waals surface area contributed by atoms with Gasteiger partial charge >= 0.3 is 6.09 Å². The van der Waals surface area contributed by atoms with Gasteiger partial charge < -0.3 is 15.0 Å². The molecule has 0 saturated carbocycles. The number of carbonyl (C=O) groups excluding carboxylic acids is 3. The molecular formula is C20H20BrN3O4S. The van der Waals surface area contributed by atoms with Crippen LogP contribution < -0.4 is 15.1 Å². The second kappa shape index (κ2) is 8.16. The Labute approximate surface area is 180 Å². The molecule has 3 amide bonds. The number of halogens is 1. The molecule has 2 aliphatic heterocycles. The number of hydrogen-bond donors (Lipinski definition) is 1. The van der Waals surface area contributed by atoms with Crippen molar-refractivity contribution in [3.8, 4) is 0 Å². The van der Waals surface area contributed by atoms with Crippen molar-refractivity contribution < 1.29 is 19.1 Å². The molecule has 0 bridgehead atoms. The third kappa shape index (κ3) is 4.16. The van der Waals surface area contributed by atoms with E-state index in [2.05, 4.69) is 21.2 Å². The summed E-state index contributed by atoms with van der Waals surface area (Å²) in [6, 6.07) is 8.92. The van der Waals surface area contributed by atoms with Gasteiger partial charge in [-0.05, 0) is 65.2 Å². The third-order valence-corrected chi connectivity index (χ3v) is 6.63. The maximum Gasteiger partial charge on any atom is 0.414 e. The van der Waals surface area contributed by atoms with Crippen LogP contribution in [0, 0.1) is 6.92 Å². The fourth-order valence-electron chi connectivity index (χ4n) is 3.63. The molecule has 2 saturated heterocycles. The van der Waals surface area contributed by atoms with Crippen molar-refractivity contribution in [1.82, 2.24) is 5.32 Å². The van der Waals surface area contributed by atoms with Gasteiger partial charge in [-0.15, -0.1) is 11.3 Å². The average Bonchev–Trinajstić information content (AvgIpc) is 3.28. The molecule has 9 heteroatoms. The normalized spacial score (nSPS) is 19.4. The van der Waals surface area contributed by atoms with Crippen molar-refractivity contribution >= 4 is 56.5 Å². The van der Waals surface area contributed by atoms with E-state index in [1.807, 2.05) is 31.2 Å². The van der Waals surface area contributed by atoms with E-state index in [1.165, 1.54) is 11.3 Å². The molecule has 0 radical (unpaired) electrons. The van der Waals surface area contributed by atoms with E-state index in [-0.39, 0.29) is 30.4 Å². The highest BCUT2D eigenvalue weighted by atomic mass is 79.9. The Morgan fingerprint density at radius 2 is 2.07 bits per heavy atom. The van der Waals surface area contributed by atoms with Crippen LogP contribution in [0.4, 0.5) is 16.2 Å². The van der Waals surface area contributed by atoms with E-state index in [9.17, 15) is 14.4 Å². The van der Waals surface area contributed by atoms with Gasteiger partial charge in [0.1, 0.15) is 0 Å². The lowest BCUT2D eigenvalue weighted by Gasteiger charge is -2.28. The zero-order valence-corrected chi connectivity index (χ0v) is 18.2. The molecule has 2 aliphatic rings. The van der Waals surface area contributed by atoms with Crippen molar-refractivity contribution in [3.05, 3.63) is 44.6 Å². The summed E-state index contributed by atoms with van der Waals surface area (Å²) in [6.45, 7) is 3.40. The Hall–Kier alpha value is -2.39. The Morgan fingerprint density at radius 3 is 2.76 bits per heavy atom. The molecule has 1 aromatic carbocycles. The number of amides is 3. The van der Waals surface area contributed by atoms with E-state index in [0.29, 0.717) is 24.6 Å². The second-order valence-corrected chi connectivity index (χ2v) is 9.54. The zero-order valence-electron chi connectivity index (χ0n) is 15.8.